The van der Waals surface area contributed by atoms with E-state index in [0.717, 1.165) is 23.2 Å². The zero-order valence-corrected chi connectivity index (χ0v) is 18.7. The highest BCUT2D eigenvalue weighted by Crippen LogP contribution is 2.32. The van der Waals surface area contributed by atoms with E-state index in [1.54, 1.807) is 37.3 Å². The fourth-order valence-electron chi connectivity index (χ4n) is 2.93. The Morgan fingerprint density at radius 2 is 1.83 bits per heavy atom. The number of fused-ring (bicyclic) bond motifs is 1. The summed E-state index contributed by atoms with van der Waals surface area (Å²) in [6.45, 7) is 1.46. The zero-order valence-electron chi connectivity index (χ0n) is 17.0. The molecule has 0 atom stereocenters. The number of benzene rings is 2. The molecule has 29 heavy (non-hydrogen) atoms. The van der Waals surface area contributed by atoms with Gasteiger partial charge in [-0.1, -0.05) is 23.5 Å². The van der Waals surface area contributed by atoms with Gasteiger partial charge in [-0.05, 0) is 51.3 Å². The van der Waals surface area contributed by atoms with Gasteiger partial charge < -0.3 is 14.4 Å². The van der Waals surface area contributed by atoms with Crippen molar-refractivity contribution >= 4 is 45.0 Å². The Balaban J connectivity index is 0.00000300. The molecule has 0 N–H and O–H groups in total. The number of hydrogen-bond acceptors (Lipinski definition) is 6. The average Bonchev–Trinajstić information content (AvgIpc) is 3.13. The van der Waals surface area contributed by atoms with Gasteiger partial charge in [0.05, 0.1) is 30.0 Å². The summed E-state index contributed by atoms with van der Waals surface area (Å²) >= 11 is 1.52. The summed E-state index contributed by atoms with van der Waals surface area (Å²) in [5.74, 6) is 1.01. The van der Waals surface area contributed by atoms with E-state index < -0.39 is 0 Å². The lowest BCUT2D eigenvalue weighted by molar-refractivity contribution is 0.0983. The molecule has 1 heterocycles. The molecule has 0 saturated carbocycles. The summed E-state index contributed by atoms with van der Waals surface area (Å²) in [6.07, 6.45) is 0.840. The number of thiazole rings is 1. The Hall–Kier alpha value is -2.35. The van der Waals surface area contributed by atoms with Gasteiger partial charge in [-0.2, -0.15) is 0 Å². The third kappa shape index (κ3) is 5.38. The molecule has 3 aromatic rings. The third-order valence-corrected chi connectivity index (χ3v) is 5.44. The number of carbonyl (C=O) groups excluding carboxylic acids is 1. The Morgan fingerprint density at radius 3 is 2.48 bits per heavy atom. The molecule has 1 amide bonds. The maximum atomic E-state index is 13.4. The fourth-order valence-corrected chi connectivity index (χ4v) is 3.92. The van der Waals surface area contributed by atoms with Crippen molar-refractivity contribution in [2.75, 3.05) is 46.3 Å². The van der Waals surface area contributed by atoms with Gasteiger partial charge in [-0.15, -0.1) is 12.4 Å². The highest BCUT2D eigenvalue weighted by atomic mass is 35.5. The van der Waals surface area contributed by atoms with E-state index in [9.17, 15) is 4.79 Å². The Bertz CT molecular complexity index is 928. The van der Waals surface area contributed by atoms with Crippen molar-refractivity contribution in [2.24, 2.45) is 0 Å². The number of methoxy groups -OCH3 is 2. The molecule has 0 aliphatic heterocycles. The zero-order chi connectivity index (χ0) is 20.1. The molecule has 0 aliphatic rings. The van der Waals surface area contributed by atoms with Gasteiger partial charge in [0.1, 0.15) is 11.5 Å². The SMILES string of the molecule is COc1ccc(C(=O)N(CCCN(C)C)c2nc3ccccc3s2)c(OC)c1.Cl. The topological polar surface area (TPSA) is 54.9 Å². The number of amides is 1. The van der Waals surface area contributed by atoms with E-state index in [4.69, 9.17) is 14.5 Å². The Morgan fingerprint density at radius 1 is 1.07 bits per heavy atom. The van der Waals surface area contributed by atoms with E-state index in [0.29, 0.717) is 28.7 Å². The van der Waals surface area contributed by atoms with Crippen molar-refractivity contribution in [3.63, 3.8) is 0 Å². The molecule has 8 heteroatoms. The van der Waals surface area contributed by atoms with Crippen molar-refractivity contribution in [3.8, 4) is 11.5 Å². The van der Waals surface area contributed by atoms with Crippen molar-refractivity contribution in [3.05, 3.63) is 48.0 Å². The number of carbonyl (C=O) groups is 1. The highest BCUT2D eigenvalue weighted by Gasteiger charge is 2.24. The summed E-state index contributed by atoms with van der Waals surface area (Å²) < 4.78 is 11.8. The number of para-hydroxylation sites is 1. The van der Waals surface area contributed by atoms with Crippen LogP contribution in [-0.2, 0) is 0 Å². The Kier molecular flexibility index (Phi) is 8.25. The van der Waals surface area contributed by atoms with Gasteiger partial charge in [0.15, 0.2) is 5.13 Å². The minimum atomic E-state index is -0.127. The van der Waals surface area contributed by atoms with Crippen molar-refractivity contribution in [2.45, 2.75) is 6.42 Å². The van der Waals surface area contributed by atoms with Crippen LogP contribution < -0.4 is 14.4 Å². The molecule has 0 radical (unpaired) electrons. The first-order chi connectivity index (χ1) is 13.5. The molecule has 0 spiro atoms. The predicted molar refractivity (Wildman–Crippen MR) is 121 cm³/mol. The van der Waals surface area contributed by atoms with Crippen LogP contribution in [0.4, 0.5) is 5.13 Å². The van der Waals surface area contributed by atoms with Crippen LogP contribution in [0.1, 0.15) is 16.8 Å². The highest BCUT2D eigenvalue weighted by molar-refractivity contribution is 7.22. The number of nitrogens with zero attached hydrogens (tertiary/aromatic N) is 3. The summed E-state index contributed by atoms with van der Waals surface area (Å²) in [5, 5.41) is 0.697. The second-order valence-electron chi connectivity index (χ2n) is 6.64. The number of anilines is 1. The van der Waals surface area contributed by atoms with Gasteiger partial charge in [0, 0.05) is 12.6 Å². The van der Waals surface area contributed by atoms with Crippen LogP contribution in [0.3, 0.4) is 0 Å². The van der Waals surface area contributed by atoms with Crippen LogP contribution >= 0.6 is 23.7 Å². The van der Waals surface area contributed by atoms with Crippen LogP contribution in [0.2, 0.25) is 0 Å². The number of ether oxygens (including phenoxy) is 2. The summed E-state index contributed by atoms with van der Waals surface area (Å²) in [5.41, 5.74) is 1.39. The smallest absolute Gasteiger partial charge is 0.263 e. The van der Waals surface area contributed by atoms with Crippen LogP contribution in [0.5, 0.6) is 11.5 Å². The van der Waals surface area contributed by atoms with E-state index in [-0.39, 0.29) is 18.3 Å². The van der Waals surface area contributed by atoms with Gasteiger partial charge >= 0.3 is 0 Å². The summed E-state index contributed by atoms with van der Waals surface area (Å²) in [7, 11) is 7.19. The van der Waals surface area contributed by atoms with Crippen LogP contribution in [0.15, 0.2) is 42.5 Å². The monoisotopic (exact) mass is 435 g/mol. The lowest BCUT2D eigenvalue weighted by Gasteiger charge is -2.22. The van der Waals surface area contributed by atoms with Gasteiger partial charge in [0.2, 0.25) is 0 Å². The Labute approximate surface area is 181 Å². The lowest BCUT2D eigenvalue weighted by atomic mass is 10.1. The first kappa shape index (κ1) is 22.9. The summed E-state index contributed by atoms with van der Waals surface area (Å²) in [4.78, 5) is 22.0. The largest absolute Gasteiger partial charge is 0.497 e. The first-order valence-electron chi connectivity index (χ1n) is 9.07. The second-order valence-corrected chi connectivity index (χ2v) is 7.65. The molecular weight excluding hydrogens is 410 g/mol. The predicted octanol–water partition coefficient (Wildman–Crippen LogP) is 4.33. The van der Waals surface area contributed by atoms with Crippen molar-refractivity contribution in [1.82, 2.24) is 9.88 Å². The molecule has 0 saturated heterocycles. The van der Waals surface area contributed by atoms with Gasteiger partial charge in [-0.25, -0.2) is 4.98 Å². The molecule has 0 unspecified atom stereocenters. The van der Waals surface area contributed by atoms with Crippen LogP contribution in [-0.4, -0.2) is 57.2 Å². The maximum Gasteiger partial charge on any atom is 0.263 e. The van der Waals surface area contributed by atoms with Crippen molar-refractivity contribution in [1.29, 1.82) is 0 Å². The van der Waals surface area contributed by atoms with Gasteiger partial charge in [0.25, 0.3) is 5.91 Å². The van der Waals surface area contributed by atoms with E-state index in [2.05, 4.69) is 4.90 Å². The molecule has 156 valence electrons. The fraction of sp³-hybridized carbons (Fsp3) is 0.333. The van der Waals surface area contributed by atoms with Gasteiger partial charge in [-0.3, -0.25) is 9.69 Å². The molecular formula is C21H26ClN3O3S. The first-order valence-corrected chi connectivity index (χ1v) is 9.89. The molecule has 0 aliphatic carbocycles. The van der Waals surface area contributed by atoms with Crippen LogP contribution in [0, 0.1) is 0 Å². The third-order valence-electron chi connectivity index (χ3n) is 4.38. The molecule has 1 aromatic heterocycles. The normalized spacial score (nSPS) is 10.7. The van der Waals surface area contributed by atoms with E-state index in [1.165, 1.54) is 11.3 Å². The number of hydrogen-bond donors (Lipinski definition) is 0. The standard InChI is InChI=1S/C21H25N3O3S.ClH/c1-23(2)12-7-13-24(21-22-17-8-5-6-9-19(17)28-21)20(25)16-11-10-15(26-3)14-18(16)27-4;/h5-6,8-11,14H,7,12-13H2,1-4H3;1H. The number of halogens is 1. The summed E-state index contributed by atoms with van der Waals surface area (Å²) in [6, 6.07) is 13.2. The molecule has 6 nitrogen and oxygen atoms in total. The average molecular weight is 436 g/mol. The van der Waals surface area contributed by atoms with E-state index >= 15 is 0 Å². The van der Waals surface area contributed by atoms with Crippen molar-refractivity contribution < 1.29 is 14.3 Å². The number of aromatic nitrogens is 1. The minimum absolute atomic E-state index is 0. The quantitative estimate of drug-likeness (QED) is 0.527. The van der Waals surface area contributed by atoms with E-state index in [1.807, 2.05) is 38.4 Å². The molecule has 0 fully saturated rings. The van der Waals surface area contributed by atoms with Crippen LogP contribution in [0.25, 0.3) is 10.2 Å². The lowest BCUT2D eigenvalue weighted by Crippen LogP contribution is -2.33. The minimum Gasteiger partial charge on any atom is -0.497 e. The molecule has 3 rings (SSSR count). The molecule has 2 aromatic carbocycles. The number of rotatable bonds is 8. The maximum absolute atomic E-state index is 13.4. The second kappa shape index (κ2) is 10.4. The molecule has 0 bridgehead atoms.